The standard InChI is InChI=1S/C14H19ClN3/c15-12-4-5-13-14(10-12)18(11-16-13)9-8-17-6-2-1-3-7-17/h4-5,10-11,16H,1-3,6-9H2. The van der Waals surface area contributed by atoms with Crippen LogP contribution in [-0.2, 0) is 0 Å². The molecule has 0 unspecified atom stereocenters. The zero-order chi connectivity index (χ0) is 12.4. The van der Waals surface area contributed by atoms with Gasteiger partial charge in [-0.25, -0.2) is 0 Å². The molecular weight excluding hydrogens is 246 g/mol. The highest BCUT2D eigenvalue weighted by Crippen LogP contribution is 2.34. The summed E-state index contributed by atoms with van der Waals surface area (Å²) in [6, 6.07) is 5.99. The third-order valence-electron chi connectivity index (χ3n) is 3.75. The van der Waals surface area contributed by atoms with E-state index in [1.165, 1.54) is 38.0 Å². The molecule has 18 heavy (non-hydrogen) atoms. The van der Waals surface area contributed by atoms with Crippen LogP contribution in [0, 0.1) is 6.67 Å². The fourth-order valence-corrected chi connectivity index (χ4v) is 2.86. The Kier molecular flexibility index (Phi) is 3.62. The van der Waals surface area contributed by atoms with Crippen molar-refractivity contribution in [3.63, 3.8) is 0 Å². The molecular formula is C14H19ClN3. The Morgan fingerprint density at radius 2 is 1.94 bits per heavy atom. The van der Waals surface area contributed by atoms with Crippen molar-refractivity contribution in [3.8, 4) is 0 Å². The van der Waals surface area contributed by atoms with Gasteiger partial charge < -0.3 is 15.1 Å². The topological polar surface area (TPSA) is 18.5 Å². The second-order valence-corrected chi connectivity index (χ2v) is 5.47. The first kappa shape index (κ1) is 12.1. The Balaban J connectivity index is 1.60. The third kappa shape index (κ3) is 2.57. The summed E-state index contributed by atoms with van der Waals surface area (Å²) in [5.74, 6) is 0. The normalized spacial score (nSPS) is 19.7. The largest absolute Gasteiger partial charge is 0.360 e. The zero-order valence-electron chi connectivity index (χ0n) is 10.5. The predicted octanol–water partition coefficient (Wildman–Crippen LogP) is 3.18. The van der Waals surface area contributed by atoms with Crippen molar-refractivity contribution in [2.24, 2.45) is 0 Å². The zero-order valence-corrected chi connectivity index (χ0v) is 11.3. The first-order valence-corrected chi connectivity index (χ1v) is 7.09. The number of nitrogens with one attached hydrogen (secondary N) is 1. The fraction of sp³-hybridized carbons (Fsp3) is 0.500. The number of hydrogen-bond donors (Lipinski definition) is 1. The van der Waals surface area contributed by atoms with E-state index in [-0.39, 0.29) is 0 Å². The Bertz CT molecular complexity index is 416. The second-order valence-electron chi connectivity index (χ2n) is 5.03. The van der Waals surface area contributed by atoms with Crippen LogP contribution in [0.15, 0.2) is 18.2 Å². The minimum absolute atomic E-state index is 0.800. The maximum absolute atomic E-state index is 6.06. The van der Waals surface area contributed by atoms with E-state index in [9.17, 15) is 0 Å². The van der Waals surface area contributed by atoms with Crippen molar-refractivity contribution in [1.29, 1.82) is 0 Å². The highest BCUT2D eigenvalue weighted by atomic mass is 35.5. The minimum atomic E-state index is 0.800. The SMILES string of the molecule is Clc1ccc2c(c1)N(CCN1CCCCC1)[CH]N2. The first-order chi connectivity index (χ1) is 8.83. The number of benzene rings is 1. The number of fused-ring (bicyclic) bond motifs is 1. The van der Waals surface area contributed by atoms with E-state index in [2.05, 4.69) is 15.1 Å². The van der Waals surface area contributed by atoms with Gasteiger partial charge in [-0.2, -0.15) is 0 Å². The second kappa shape index (κ2) is 5.37. The summed E-state index contributed by atoms with van der Waals surface area (Å²) in [6.45, 7) is 6.71. The Morgan fingerprint density at radius 3 is 2.78 bits per heavy atom. The quantitative estimate of drug-likeness (QED) is 0.905. The van der Waals surface area contributed by atoms with Gasteiger partial charge in [0.15, 0.2) is 0 Å². The van der Waals surface area contributed by atoms with Crippen molar-refractivity contribution in [2.75, 3.05) is 36.4 Å². The van der Waals surface area contributed by atoms with Gasteiger partial charge in [-0.05, 0) is 44.1 Å². The van der Waals surface area contributed by atoms with Crippen LogP contribution < -0.4 is 10.2 Å². The number of likely N-dealkylation sites (tertiary alicyclic amines) is 1. The third-order valence-corrected chi connectivity index (χ3v) is 3.99. The van der Waals surface area contributed by atoms with Crippen LogP contribution in [0.3, 0.4) is 0 Å². The molecule has 2 aliphatic rings. The summed E-state index contributed by atoms with van der Waals surface area (Å²) < 4.78 is 0. The van der Waals surface area contributed by atoms with Gasteiger partial charge in [-0.15, -0.1) is 0 Å². The molecule has 3 rings (SSSR count). The van der Waals surface area contributed by atoms with Crippen LogP contribution in [0.4, 0.5) is 11.4 Å². The lowest BCUT2D eigenvalue weighted by Gasteiger charge is -2.28. The van der Waals surface area contributed by atoms with Gasteiger partial charge in [0.25, 0.3) is 0 Å². The lowest BCUT2D eigenvalue weighted by Crippen LogP contribution is -2.36. The Hall–Kier alpha value is -0.930. The van der Waals surface area contributed by atoms with Crippen molar-refractivity contribution >= 4 is 23.0 Å². The molecule has 3 nitrogen and oxygen atoms in total. The Morgan fingerprint density at radius 1 is 1.11 bits per heavy atom. The number of piperidine rings is 1. The lowest BCUT2D eigenvalue weighted by atomic mass is 10.1. The van der Waals surface area contributed by atoms with Crippen molar-refractivity contribution in [1.82, 2.24) is 4.90 Å². The molecule has 1 saturated heterocycles. The van der Waals surface area contributed by atoms with E-state index < -0.39 is 0 Å². The number of nitrogens with zero attached hydrogens (tertiary/aromatic N) is 2. The van der Waals surface area contributed by atoms with Gasteiger partial charge in [0.1, 0.15) is 6.67 Å². The molecule has 1 fully saturated rings. The van der Waals surface area contributed by atoms with E-state index in [0.29, 0.717) is 0 Å². The molecule has 1 aromatic carbocycles. The molecule has 0 bridgehead atoms. The summed E-state index contributed by atoms with van der Waals surface area (Å²) in [5, 5.41) is 4.09. The molecule has 2 heterocycles. The molecule has 0 aromatic heterocycles. The summed E-state index contributed by atoms with van der Waals surface area (Å²) >= 11 is 6.06. The van der Waals surface area contributed by atoms with E-state index >= 15 is 0 Å². The van der Waals surface area contributed by atoms with Gasteiger partial charge in [0.2, 0.25) is 0 Å². The minimum Gasteiger partial charge on any atom is -0.360 e. The summed E-state index contributed by atoms with van der Waals surface area (Å²) in [4.78, 5) is 4.82. The van der Waals surface area contributed by atoms with Crippen LogP contribution in [-0.4, -0.2) is 31.1 Å². The summed E-state index contributed by atoms with van der Waals surface area (Å²) in [5.41, 5.74) is 2.34. The van der Waals surface area contributed by atoms with E-state index in [1.807, 2.05) is 24.9 Å². The molecule has 0 aliphatic carbocycles. The van der Waals surface area contributed by atoms with Crippen LogP contribution in [0.5, 0.6) is 0 Å². The number of hydrogen-bond acceptors (Lipinski definition) is 3. The van der Waals surface area contributed by atoms with Gasteiger partial charge >= 0.3 is 0 Å². The molecule has 0 saturated carbocycles. The molecule has 97 valence electrons. The van der Waals surface area contributed by atoms with Gasteiger partial charge in [0.05, 0.1) is 11.4 Å². The average molecular weight is 265 g/mol. The average Bonchev–Trinajstić information content (AvgIpc) is 2.80. The van der Waals surface area contributed by atoms with Crippen LogP contribution in [0.1, 0.15) is 19.3 Å². The van der Waals surface area contributed by atoms with E-state index in [4.69, 9.17) is 11.6 Å². The highest BCUT2D eigenvalue weighted by molar-refractivity contribution is 6.31. The summed E-state index contributed by atoms with van der Waals surface area (Å²) in [6.07, 6.45) is 4.10. The van der Waals surface area contributed by atoms with Gasteiger partial charge in [0, 0.05) is 18.1 Å². The van der Waals surface area contributed by atoms with Gasteiger partial charge in [-0.3, -0.25) is 0 Å². The van der Waals surface area contributed by atoms with Crippen LogP contribution >= 0.6 is 11.6 Å². The molecule has 1 radical (unpaired) electrons. The summed E-state index contributed by atoms with van der Waals surface area (Å²) in [7, 11) is 0. The smallest absolute Gasteiger partial charge is 0.139 e. The number of anilines is 2. The monoisotopic (exact) mass is 264 g/mol. The number of rotatable bonds is 3. The molecule has 4 heteroatoms. The molecule has 2 aliphatic heterocycles. The van der Waals surface area contributed by atoms with Crippen molar-refractivity contribution in [3.05, 3.63) is 29.9 Å². The fourth-order valence-electron chi connectivity index (χ4n) is 2.70. The van der Waals surface area contributed by atoms with E-state index in [0.717, 1.165) is 23.8 Å². The molecule has 0 amide bonds. The molecule has 0 atom stereocenters. The molecule has 1 aromatic rings. The van der Waals surface area contributed by atoms with Crippen molar-refractivity contribution < 1.29 is 0 Å². The molecule has 1 N–H and O–H groups in total. The maximum Gasteiger partial charge on any atom is 0.139 e. The maximum atomic E-state index is 6.06. The van der Waals surface area contributed by atoms with Crippen molar-refractivity contribution in [2.45, 2.75) is 19.3 Å². The van der Waals surface area contributed by atoms with E-state index in [1.54, 1.807) is 0 Å². The van der Waals surface area contributed by atoms with Crippen LogP contribution in [0.2, 0.25) is 5.02 Å². The number of halogens is 1. The predicted molar refractivity (Wildman–Crippen MR) is 77.0 cm³/mol. The van der Waals surface area contributed by atoms with Gasteiger partial charge in [-0.1, -0.05) is 18.0 Å². The Labute approximate surface area is 114 Å². The lowest BCUT2D eigenvalue weighted by molar-refractivity contribution is 0.234. The molecule has 0 spiro atoms. The first-order valence-electron chi connectivity index (χ1n) is 6.71. The van der Waals surface area contributed by atoms with Crippen LogP contribution in [0.25, 0.3) is 0 Å². The highest BCUT2D eigenvalue weighted by Gasteiger charge is 2.20.